The molecule has 1 spiro atoms. The van der Waals surface area contributed by atoms with Crippen LogP contribution < -0.4 is 10.1 Å². The second-order valence-corrected chi connectivity index (χ2v) is 6.94. The zero-order valence-corrected chi connectivity index (χ0v) is 16.1. The summed E-state index contributed by atoms with van der Waals surface area (Å²) in [5.41, 5.74) is 1.82. The number of rotatable bonds is 4. The largest absolute Gasteiger partial charge is 0.495 e. The van der Waals surface area contributed by atoms with E-state index in [2.05, 4.69) is 15.3 Å². The first-order chi connectivity index (χ1) is 13.6. The van der Waals surface area contributed by atoms with Gasteiger partial charge in [-0.2, -0.15) is 0 Å². The Hall–Kier alpha value is -2.71. The van der Waals surface area contributed by atoms with Gasteiger partial charge in [0.15, 0.2) is 5.79 Å². The number of carbonyl (C=O) groups excluding carboxylic acids is 1. The summed E-state index contributed by atoms with van der Waals surface area (Å²) in [6, 6.07) is 9.21. The van der Waals surface area contributed by atoms with E-state index in [4.69, 9.17) is 14.2 Å². The van der Waals surface area contributed by atoms with Gasteiger partial charge in [0.05, 0.1) is 26.0 Å². The highest BCUT2D eigenvalue weighted by molar-refractivity contribution is 5.92. The van der Waals surface area contributed by atoms with Crippen LogP contribution >= 0.6 is 0 Å². The molecule has 8 nitrogen and oxygen atoms in total. The molecule has 4 rings (SSSR count). The van der Waals surface area contributed by atoms with Gasteiger partial charge in [0.2, 0.25) is 5.95 Å². The molecular weight excluding hydrogens is 360 g/mol. The maximum atomic E-state index is 13.0. The van der Waals surface area contributed by atoms with E-state index in [0.717, 1.165) is 5.69 Å². The molecule has 0 aliphatic carbocycles. The Labute approximate surface area is 163 Å². The Morgan fingerprint density at radius 1 is 1.18 bits per heavy atom. The Kier molecular flexibility index (Phi) is 5.15. The van der Waals surface area contributed by atoms with Gasteiger partial charge in [-0.15, -0.1) is 0 Å². The van der Waals surface area contributed by atoms with Gasteiger partial charge in [-0.1, -0.05) is 12.1 Å². The minimum Gasteiger partial charge on any atom is -0.495 e. The number of nitrogens with zero attached hydrogens (tertiary/aromatic N) is 3. The lowest BCUT2D eigenvalue weighted by atomic mass is 10.0. The second-order valence-electron chi connectivity index (χ2n) is 6.94. The third-order valence-electron chi connectivity index (χ3n) is 5.05. The summed E-state index contributed by atoms with van der Waals surface area (Å²) < 4.78 is 16.8. The minimum absolute atomic E-state index is 0.110. The van der Waals surface area contributed by atoms with E-state index in [0.29, 0.717) is 62.2 Å². The number of hydrogen-bond donors (Lipinski definition) is 1. The molecule has 1 amide bonds. The molecule has 3 heterocycles. The molecule has 0 saturated carbocycles. The molecule has 0 bridgehead atoms. The van der Waals surface area contributed by atoms with Crippen molar-refractivity contribution in [1.29, 1.82) is 0 Å². The van der Waals surface area contributed by atoms with Gasteiger partial charge in [0, 0.05) is 31.6 Å². The number of piperidine rings is 1. The maximum absolute atomic E-state index is 13.0. The topological polar surface area (TPSA) is 85.8 Å². The number of anilines is 2. The van der Waals surface area contributed by atoms with E-state index in [1.54, 1.807) is 18.1 Å². The fourth-order valence-corrected chi connectivity index (χ4v) is 3.60. The van der Waals surface area contributed by atoms with Crippen molar-refractivity contribution in [1.82, 2.24) is 14.9 Å². The van der Waals surface area contributed by atoms with Crippen LogP contribution in [0.3, 0.4) is 0 Å². The maximum Gasteiger partial charge on any atom is 0.272 e. The number of amides is 1. The van der Waals surface area contributed by atoms with E-state index in [1.807, 2.05) is 31.2 Å². The van der Waals surface area contributed by atoms with E-state index in [1.165, 1.54) is 0 Å². The number of benzene rings is 1. The van der Waals surface area contributed by atoms with Gasteiger partial charge in [-0.3, -0.25) is 4.79 Å². The lowest BCUT2D eigenvalue weighted by molar-refractivity contribution is -0.181. The average molecular weight is 384 g/mol. The van der Waals surface area contributed by atoms with Crippen LogP contribution in [0.25, 0.3) is 0 Å². The molecule has 2 aliphatic heterocycles. The third kappa shape index (κ3) is 3.79. The third-order valence-corrected chi connectivity index (χ3v) is 5.05. The van der Waals surface area contributed by atoms with Crippen LogP contribution in [0, 0.1) is 6.92 Å². The van der Waals surface area contributed by atoms with Gasteiger partial charge < -0.3 is 24.4 Å². The van der Waals surface area contributed by atoms with Gasteiger partial charge in [0.25, 0.3) is 5.91 Å². The quantitative estimate of drug-likeness (QED) is 0.867. The molecule has 0 radical (unpaired) electrons. The lowest BCUT2D eigenvalue weighted by Crippen LogP contribution is -2.47. The highest BCUT2D eigenvalue weighted by atomic mass is 16.7. The van der Waals surface area contributed by atoms with E-state index in [9.17, 15) is 4.79 Å². The number of nitrogens with one attached hydrogen (secondary N) is 1. The Bertz CT molecular complexity index is 857. The Balaban J connectivity index is 1.50. The highest BCUT2D eigenvalue weighted by Gasteiger charge is 2.41. The van der Waals surface area contributed by atoms with Crippen LogP contribution in [0.1, 0.15) is 29.0 Å². The first-order valence-corrected chi connectivity index (χ1v) is 9.41. The zero-order valence-electron chi connectivity index (χ0n) is 16.1. The van der Waals surface area contributed by atoms with Crippen LogP contribution in [0.15, 0.2) is 30.3 Å². The number of aromatic nitrogens is 2. The summed E-state index contributed by atoms with van der Waals surface area (Å²) in [6.07, 6.45) is 1.35. The molecule has 1 N–H and O–H groups in total. The first kappa shape index (κ1) is 18.6. The standard InChI is InChI=1S/C20H24N4O4/c1-14-13-16(18(25)24-9-7-20(8-10-24)27-11-12-28-20)23-19(21-14)22-15-5-3-4-6-17(15)26-2/h3-6,13H,7-12H2,1-2H3,(H,21,22,23). The van der Waals surface area contributed by atoms with Crippen LogP contribution in [-0.4, -0.2) is 60.0 Å². The summed E-state index contributed by atoms with van der Waals surface area (Å²) in [5, 5.41) is 3.14. The number of carbonyl (C=O) groups is 1. The van der Waals surface area contributed by atoms with Crippen molar-refractivity contribution >= 4 is 17.5 Å². The SMILES string of the molecule is COc1ccccc1Nc1nc(C)cc(C(=O)N2CCC3(CC2)OCCO3)n1. The van der Waals surface area contributed by atoms with E-state index < -0.39 is 5.79 Å². The number of likely N-dealkylation sites (tertiary alicyclic amines) is 1. The van der Waals surface area contributed by atoms with Crippen molar-refractivity contribution in [2.45, 2.75) is 25.6 Å². The predicted molar refractivity (Wildman–Crippen MR) is 103 cm³/mol. The van der Waals surface area contributed by atoms with Crippen molar-refractivity contribution in [2.24, 2.45) is 0 Å². The van der Waals surface area contributed by atoms with E-state index >= 15 is 0 Å². The molecule has 2 saturated heterocycles. The van der Waals surface area contributed by atoms with Gasteiger partial charge in [0.1, 0.15) is 11.4 Å². The molecule has 1 aromatic carbocycles. The van der Waals surface area contributed by atoms with Crippen molar-refractivity contribution in [3.05, 3.63) is 41.7 Å². The predicted octanol–water partition coefficient (Wildman–Crippen LogP) is 2.52. The van der Waals surface area contributed by atoms with Gasteiger partial charge in [-0.25, -0.2) is 9.97 Å². The summed E-state index contributed by atoms with van der Waals surface area (Å²) in [6.45, 7) is 4.25. The minimum atomic E-state index is -0.505. The van der Waals surface area contributed by atoms with Gasteiger partial charge >= 0.3 is 0 Å². The fourth-order valence-electron chi connectivity index (χ4n) is 3.60. The van der Waals surface area contributed by atoms with Crippen molar-refractivity contribution in [3.63, 3.8) is 0 Å². The number of ether oxygens (including phenoxy) is 3. The summed E-state index contributed by atoms with van der Waals surface area (Å²) in [7, 11) is 1.60. The smallest absolute Gasteiger partial charge is 0.272 e. The molecule has 1 aromatic heterocycles. The number of methoxy groups -OCH3 is 1. The Morgan fingerprint density at radius 3 is 2.61 bits per heavy atom. The van der Waals surface area contributed by atoms with E-state index in [-0.39, 0.29) is 5.91 Å². The molecule has 2 aliphatic rings. The molecule has 2 aromatic rings. The molecule has 2 fully saturated rings. The lowest BCUT2D eigenvalue weighted by Gasteiger charge is -2.37. The molecule has 148 valence electrons. The normalized spacial score (nSPS) is 18.3. The summed E-state index contributed by atoms with van der Waals surface area (Å²) >= 11 is 0. The summed E-state index contributed by atoms with van der Waals surface area (Å²) in [5.74, 6) is 0.429. The van der Waals surface area contributed by atoms with Crippen molar-refractivity contribution in [3.8, 4) is 5.75 Å². The van der Waals surface area contributed by atoms with Crippen molar-refractivity contribution in [2.75, 3.05) is 38.7 Å². The van der Waals surface area contributed by atoms with Crippen LogP contribution in [0.4, 0.5) is 11.6 Å². The number of hydrogen-bond acceptors (Lipinski definition) is 7. The molecule has 0 unspecified atom stereocenters. The highest BCUT2D eigenvalue weighted by Crippen LogP contribution is 2.32. The van der Waals surface area contributed by atoms with Gasteiger partial charge in [-0.05, 0) is 25.1 Å². The molecule has 0 atom stereocenters. The number of aryl methyl sites for hydroxylation is 1. The van der Waals surface area contributed by atoms with Crippen LogP contribution in [-0.2, 0) is 9.47 Å². The van der Waals surface area contributed by atoms with Crippen LogP contribution in [0.5, 0.6) is 5.75 Å². The Morgan fingerprint density at radius 2 is 1.89 bits per heavy atom. The molecular formula is C20H24N4O4. The van der Waals surface area contributed by atoms with Crippen molar-refractivity contribution < 1.29 is 19.0 Å². The monoisotopic (exact) mass is 384 g/mol. The number of para-hydroxylation sites is 2. The van der Waals surface area contributed by atoms with Crippen LogP contribution in [0.2, 0.25) is 0 Å². The average Bonchev–Trinajstić information content (AvgIpc) is 3.16. The molecule has 28 heavy (non-hydrogen) atoms. The fraction of sp³-hybridized carbons (Fsp3) is 0.450. The second kappa shape index (κ2) is 7.73. The summed E-state index contributed by atoms with van der Waals surface area (Å²) in [4.78, 5) is 23.6. The zero-order chi connectivity index (χ0) is 19.6. The first-order valence-electron chi connectivity index (χ1n) is 9.41. The molecule has 8 heteroatoms.